The second-order valence-corrected chi connectivity index (χ2v) is 4.96. The first kappa shape index (κ1) is 13.2. The monoisotopic (exact) mass is 304 g/mol. The lowest BCUT2D eigenvalue weighted by Gasteiger charge is -2.06. The van der Waals surface area contributed by atoms with Gasteiger partial charge in [0.2, 0.25) is 0 Å². The van der Waals surface area contributed by atoms with Gasteiger partial charge in [0.15, 0.2) is 0 Å². The molecule has 2 N–H and O–H groups in total. The Morgan fingerprint density at radius 1 is 1.17 bits per heavy atom. The Bertz CT molecular complexity index is 956. The summed E-state index contributed by atoms with van der Waals surface area (Å²) in [6.07, 6.45) is 8.37. The van der Waals surface area contributed by atoms with Crippen molar-refractivity contribution in [2.24, 2.45) is 0 Å². The highest BCUT2D eigenvalue weighted by Crippen LogP contribution is 2.14. The maximum atomic E-state index is 12.3. The summed E-state index contributed by atoms with van der Waals surface area (Å²) < 4.78 is 1.79. The predicted molar refractivity (Wildman–Crippen MR) is 85.4 cm³/mol. The molecule has 0 saturated heterocycles. The highest BCUT2D eigenvalue weighted by molar-refractivity contribution is 6.05. The van der Waals surface area contributed by atoms with Gasteiger partial charge in [-0.25, -0.2) is 15.0 Å². The summed E-state index contributed by atoms with van der Waals surface area (Å²) in [6, 6.07) is 8.93. The first-order valence-corrected chi connectivity index (χ1v) is 6.98. The van der Waals surface area contributed by atoms with Gasteiger partial charge >= 0.3 is 0 Å². The van der Waals surface area contributed by atoms with Gasteiger partial charge in [-0.05, 0) is 30.3 Å². The van der Waals surface area contributed by atoms with Gasteiger partial charge in [-0.1, -0.05) is 0 Å². The molecule has 0 aliphatic heterocycles. The van der Waals surface area contributed by atoms with Crippen LogP contribution in [0.2, 0.25) is 0 Å². The van der Waals surface area contributed by atoms with Gasteiger partial charge in [0.1, 0.15) is 12.1 Å². The average molecular weight is 304 g/mol. The molecule has 0 fully saturated rings. The quantitative estimate of drug-likeness (QED) is 0.608. The molecule has 0 atom stereocenters. The number of fused-ring (bicyclic) bond motifs is 1. The molecule has 4 aromatic rings. The highest BCUT2D eigenvalue weighted by Gasteiger charge is 2.08. The summed E-state index contributed by atoms with van der Waals surface area (Å²) in [5, 5.41) is 2.83. The maximum Gasteiger partial charge on any atom is 0.255 e. The summed E-state index contributed by atoms with van der Waals surface area (Å²) in [5.41, 5.74) is 2.84. The summed E-state index contributed by atoms with van der Waals surface area (Å²) in [4.78, 5) is 27.7. The van der Waals surface area contributed by atoms with Gasteiger partial charge in [-0.15, -0.1) is 0 Å². The largest absolute Gasteiger partial charge is 0.345 e. The smallest absolute Gasteiger partial charge is 0.255 e. The Morgan fingerprint density at radius 3 is 2.91 bits per heavy atom. The number of hydrogen-bond donors (Lipinski definition) is 2. The van der Waals surface area contributed by atoms with Crippen LogP contribution in [0.4, 0.5) is 5.69 Å². The average Bonchev–Trinajstić information content (AvgIpc) is 3.26. The zero-order chi connectivity index (χ0) is 15.6. The van der Waals surface area contributed by atoms with Gasteiger partial charge in [-0.2, -0.15) is 0 Å². The van der Waals surface area contributed by atoms with Crippen LogP contribution in [0.1, 0.15) is 10.4 Å². The van der Waals surface area contributed by atoms with Crippen molar-refractivity contribution in [1.29, 1.82) is 0 Å². The van der Waals surface area contributed by atoms with E-state index < -0.39 is 0 Å². The fourth-order valence-electron chi connectivity index (χ4n) is 2.29. The third-order valence-corrected chi connectivity index (χ3v) is 3.46. The number of imidazole rings is 2. The molecule has 0 radical (unpaired) electrons. The molecule has 0 aliphatic carbocycles. The van der Waals surface area contributed by atoms with E-state index in [1.807, 2.05) is 6.07 Å². The van der Waals surface area contributed by atoms with E-state index in [2.05, 4.69) is 25.3 Å². The van der Waals surface area contributed by atoms with Crippen LogP contribution in [0.15, 0.2) is 61.6 Å². The van der Waals surface area contributed by atoms with Crippen LogP contribution in [0.3, 0.4) is 0 Å². The lowest BCUT2D eigenvalue weighted by atomic mass is 10.2. The number of hydrogen-bond acceptors (Lipinski definition) is 4. The van der Waals surface area contributed by atoms with Gasteiger partial charge in [0.05, 0.1) is 29.2 Å². The molecule has 23 heavy (non-hydrogen) atoms. The van der Waals surface area contributed by atoms with Crippen molar-refractivity contribution >= 4 is 22.6 Å². The fraction of sp³-hybridized carbons (Fsp3) is 0. The third-order valence-electron chi connectivity index (χ3n) is 3.46. The molecule has 3 aromatic heterocycles. The van der Waals surface area contributed by atoms with Crippen LogP contribution in [-0.2, 0) is 0 Å². The second-order valence-electron chi connectivity index (χ2n) is 4.96. The van der Waals surface area contributed by atoms with E-state index in [0.717, 1.165) is 16.9 Å². The minimum Gasteiger partial charge on any atom is -0.345 e. The molecule has 7 heteroatoms. The Balaban J connectivity index is 1.53. The second kappa shape index (κ2) is 5.38. The normalized spacial score (nSPS) is 10.8. The molecule has 7 nitrogen and oxygen atoms in total. The molecule has 0 spiro atoms. The number of H-pyrrole nitrogens is 1. The van der Waals surface area contributed by atoms with Crippen LogP contribution in [0.5, 0.6) is 0 Å². The molecule has 112 valence electrons. The lowest BCUT2D eigenvalue weighted by Crippen LogP contribution is -2.12. The van der Waals surface area contributed by atoms with Crippen LogP contribution in [-0.4, -0.2) is 30.4 Å². The number of nitrogens with one attached hydrogen (secondary N) is 2. The van der Waals surface area contributed by atoms with Crippen LogP contribution in [0.25, 0.3) is 16.9 Å². The van der Waals surface area contributed by atoms with Crippen molar-refractivity contribution < 1.29 is 4.79 Å². The minimum atomic E-state index is -0.196. The number of aromatic amines is 1. The zero-order valence-electron chi connectivity index (χ0n) is 12.0. The van der Waals surface area contributed by atoms with Crippen molar-refractivity contribution in [2.75, 3.05) is 5.32 Å². The van der Waals surface area contributed by atoms with E-state index in [9.17, 15) is 4.79 Å². The molecular weight excluding hydrogens is 292 g/mol. The number of carbonyl (C=O) groups is 1. The molecular formula is C16H12N6O. The zero-order valence-corrected chi connectivity index (χ0v) is 12.0. The number of nitrogens with zero attached hydrogens (tertiary/aromatic N) is 4. The number of pyridine rings is 1. The molecule has 0 aliphatic rings. The van der Waals surface area contributed by atoms with Gasteiger partial charge in [-0.3, -0.25) is 9.36 Å². The standard InChI is InChI=1S/C16H12N6O/c23-16(11-1-3-13-14(7-11)20-9-19-13)21-12-2-4-15(18-8-12)22-6-5-17-10-22/h1-10H,(H,19,20)(H,21,23). The van der Waals surface area contributed by atoms with E-state index in [1.54, 1.807) is 60.1 Å². The lowest BCUT2D eigenvalue weighted by molar-refractivity contribution is 0.102. The van der Waals surface area contributed by atoms with Crippen molar-refractivity contribution in [1.82, 2.24) is 24.5 Å². The van der Waals surface area contributed by atoms with E-state index in [4.69, 9.17) is 0 Å². The van der Waals surface area contributed by atoms with Crippen molar-refractivity contribution in [2.45, 2.75) is 0 Å². The van der Waals surface area contributed by atoms with E-state index in [1.165, 1.54) is 0 Å². The van der Waals surface area contributed by atoms with E-state index in [-0.39, 0.29) is 5.91 Å². The summed E-state index contributed by atoms with van der Waals surface area (Å²) in [6.45, 7) is 0. The molecule has 1 amide bonds. The van der Waals surface area contributed by atoms with E-state index in [0.29, 0.717) is 11.3 Å². The van der Waals surface area contributed by atoms with Gasteiger partial charge in [0, 0.05) is 18.0 Å². The van der Waals surface area contributed by atoms with Crippen LogP contribution < -0.4 is 5.32 Å². The fourth-order valence-corrected chi connectivity index (χ4v) is 2.29. The molecule has 0 saturated carbocycles. The Kier molecular flexibility index (Phi) is 3.09. The topological polar surface area (TPSA) is 88.5 Å². The predicted octanol–water partition coefficient (Wildman–Crippen LogP) is 2.40. The summed E-state index contributed by atoms with van der Waals surface area (Å²) >= 11 is 0. The minimum absolute atomic E-state index is 0.196. The number of aromatic nitrogens is 5. The van der Waals surface area contributed by atoms with Crippen LogP contribution in [0, 0.1) is 0 Å². The number of amides is 1. The molecule has 0 unspecified atom stereocenters. The molecule has 4 rings (SSSR count). The summed E-state index contributed by atoms with van der Waals surface area (Å²) in [5.74, 6) is 0.540. The van der Waals surface area contributed by atoms with Crippen molar-refractivity contribution in [3.8, 4) is 5.82 Å². The molecule has 3 heterocycles. The molecule has 0 bridgehead atoms. The Hall–Kier alpha value is -3.48. The van der Waals surface area contributed by atoms with E-state index >= 15 is 0 Å². The van der Waals surface area contributed by atoms with Crippen molar-refractivity contribution in [3.05, 3.63) is 67.1 Å². The van der Waals surface area contributed by atoms with Crippen LogP contribution >= 0.6 is 0 Å². The van der Waals surface area contributed by atoms with Crippen molar-refractivity contribution in [3.63, 3.8) is 0 Å². The first-order chi connectivity index (χ1) is 11.3. The Labute approximate surface area is 131 Å². The van der Waals surface area contributed by atoms with Gasteiger partial charge in [0.25, 0.3) is 5.91 Å². The summed E-state index contributed by atoms with van der Waals surface area (Å²) in [7, 11) is 0. The number of rotatable bonds is 3. The highest BCUT2D eigenvalue weighted by atomic mass is 16.1. The number of anilines is 1. The number of benzene rings is 1. The first-order valence-electron chi connectivity index (χ1n) is 6.98. The SMILES string of the molecule is O=C(Nc1ccc(-n2ccnc2)nc1)c1ccc2nc[nH]c2c1. The maximum absolute atomic E-state index is 12.3. The molecule has 1 aromatic carbocycles. The number of carbonyl (C=O) groups excluding carboxylic acids is 1. The Morgan fingerprint density at radius 2 is 2.13 bits per heavy atom. The van der Waals surface area contributed by atoms with Gasteiger partial charge < -0.3 is 10.3 Å². The third kappa shape index (κ3) is 2.55.